The minimum atomic E-state index is -3.36. The predicted molar refractivity (Wildman–Crippen MR) is 87.3 cm³/mol. The lowest BCUT2D eigenvalue weighted by molar-refractivity contribution is 0.174. The van der Waals surface area contributed by atoms with Crippen LogP contribution in [0.1, 0.15) is 17.1 Å². The van der Waals surface area contributed by atoms with Crippen molar-refractivity contribution in [2.75, 3.05) is 27.6 Å². The molecule has 1 unspecified atom stereocenters. The van der Waals surface area contributed by atoms with Gasteiger partial charge in [0.1, 0.15) is 5.76 Å². The van der Waals surface area contributed by atoms with Gasteiger partial charge in [-0.3, -0.25) is 9.88 Å². The first-order valence-electron chi connectivity index (χ1n) is 7.53. The summed E-state index contributed by atoms with van der Waals surface area (Å²) in [6, 6.07) is 9.28. The van der Waals surface area contributed by atoms with Crippen LogP contribution >= 0.6 is 7.60 Å². The van der Waals surface area contributed by atoms with Crippen LogP contribution in [0, 0.1) is 0 Å². The molecule has 2 heterocycles. The Morgan fingerprint density at radius 1 is 1.21 bits per heavy atom. The molecule has 0 fully saturated rings. The van der Waals surface area contributed by atoms with Crippen molar-refractivity contribution >= 4 is 7.60 Å². The highest BCUT2D eigenvalue weighted by atomic mass is 31.2. The number of nitrogens with one attached hydrogen (secondary N) is 1. The molecular weight excluding hydrogens is 333 g/mol. The van der Waals surface area contributed by atoms with Crippen LogP contribution in [0.5, 0.6) is 11.5 Å². The third kappa shape index (κ3) is 3.49. The van der Waals surface area contributed by atoms with Crippen molar-refractivity contribution in [1.82, 2.24) is 5.32 Å². The minimum Gasteiger partial charge on any atom is -0.467 e. The van der Waals surface area contributed by atoms with E-state index in [0.29, 0.717) is 18.7 Å². The van der Waals surface area contributed by atoms with Gasteiger partial charge in [-0.15, -0.1) is 0 Å². The fourth-order valence-electron chi connectivity index (χ4n) is 2.55. The predicted octanol–water partition coefficient (Wildman–Crippen LogP) is 3.33. The van der Waals surface area contributed by atoms with E-state index in [0.717, 1.165) is 17.1 Å². The Morgan fingerprint density at radius 2 is 2.00 bits per heavy atom. The molecule has 2 aromatic rings. The molecule has 0 spiro atoms. The van der Waals surface area contributed by atoms with Crippen molar-refractivity contribution in [3.63, 3.8) is 0 Å². The smallest absolute Gasteiger partial charge is 0.354 e. The Labute approximate surface area is 140 Å². The van der Waals surface area contributed by atoms with E-state index >= 15 is 0 Å². The van der Waals surface area contributed by atoms with Crippen LogP contribution in [-0.2, 0) is 20.0 Å². The summed E-state index contributed by atoms with van der Waals surface area (Å²) in [4.78, 5) is 0. The first-order valence-corrected chi connectivity index (χ1v) is 9.14. The first-order chi connectivity index (χ1) is 11.7. The summed E-state index contributed by atoms with van der Waals surface area (Å²) in [7, 11) is -0.642. The van der Waals surface area contributed by atoms with Gasteiger partial charge in [0.15, 0.2) is 17.3 Å². The molecule has 130 valence electrons. The minimum absolute atomic E-state index is 0.252. The molecule has 0 aliphatic carbocycles. The molecule has 0 amide bonds. The second kappa shape index (κ2) is 7.40. The molecule has 0 saturated carbocycles. The molecule has 0 saturated heterocycles. The molecule has 1 atom stereocenters. The summed E-state index contributed by atoms with van der Waals surface area (Å²) < 4.78 is 39.0. The average molecular weight is 353 g/mol. The number of fused-ring (bicyclic) bond motifs is 1. The van der Waals surface area contributed by atoms with Crippen LogP contribution in [0.4, 0.5) is 0 Å². The Kier molecular flexibility index (Phi) is 5.26. The molecule has 1 aromatic carbocycles. The summed E-state index contributed by atoms with van der Waals surface area (Å²) in [6.07, 6.45) is 2.23. The maximum absolute atomic E-state index is 12.7. The molecule has 3 rings (SSSR count). The second-order valence-corrected chi connectivity index (χ2v) is 7.54. The van der Waals surface area contributed by atoms with E-state index in [4.69, 9.17) is 22.9 Å². The SMILES string of the molecule is COP(=O)(OC)C(NCCc1ccc2c(c1)OCO2)c1ccco1. The molecule has 8 heteroatoms. The number of hydrogen-bond acceptors (Lipinski definition) is 7. The van der Waals surface area contributed by atoms with Crippen molar-refractivity contribution in [3.8, 4) is 11.5 Å². The quantitative estimate of drug-likeness (QED) is 0.729. The standard InChI is InChI=1S/C16H20NO6P/c1-19-24(18,20-2)16(14-4-3-9-21-14)17-8-7-12-5-6-13-15(10-12)23-11-22-13/h3-6,9-10,16-17H,7-8,11H2,1-2H3. The third-order valence-corrected chi connectivity index (χ3v) is 5.91. The van der Waals surface area contributed by atoms with Gasteiger partial charge in [0.25, 0.3) is 0 Å². The summed E-state index contributed by atoms with van der Waals surface area (Å²) in [5.41, 5.74) is 1.08. The van der Waals surface area contributed by atoms with Gasteiger partial charge in [0, 0.05) is 20.8 Å². The molecule has 7 nitrogen and oxygen atoms in total. The normalized spacial score (nSPS) is 14.8. The number of furan rings is 1. The third-order valence-electron chi connectivity index (χ3n) is 3.83. The monoisotopic (exact) mass is 353 g/mol. The molecule has 1 aromatic heterocycles. The van der Waals surface area contributed by atoms with Crippen molar-refractivity contribution in [3.05, 3.63) is 47.9 Å². The Morgan fingerprint density at radius 3 is 2.71 bits per heavy atom. The van der Waals surface area contributed by atoms with Crippen molar-refractivity contribution < 1.29 is 27.5 Å². The Bertz CT molecular complexity index is 709. The maximum Gasteiger partial charge on any atom is 0.354 e. The summed E-state index contributed by atoms with van der Waals surface area (Å²) >= 11 is 0. The van der Waals surface area contributed by atoms with Gasteiger partial charge < -0.3 is 22.9 Å². The Hall–Kier alpha value is -1.79. The summed E-state index contributed by atoms with van der Waals surface area (Å²) in [5, 5.41) is 3.20. The van der Waals surface area contributed by atoms with Crippen molar-refractivity contribution in [2.45, 2.75) is 12.2 Å². The van der Waals surface area contributed by atoms with E-state index in [1.165, 1.54) is 20.5 Å². The average Bonchev–Trinajstić information content (AvgIpc) is 3.29. The molecule has 0 radical (unpaired) electrons. The van der Waals surface area contributed by atoms with E-state index in [1.54, 1.807) is 12.1 Å². The number of hydrogen-bond donors (Lipinski definition) is 1. The largest absolute Gasteiger partial charge is 0.467 e. The molecule has 1 N–H and O–H groups in total. The summed E-state index contributed by atoms with van der Waals surface area (Å²) in [6.45, 7) is 0.810. The highest BCUT2D eigenvalue weighted by molar-refractivity contribution is 7.54. The summed E-state index contributed by atoms with van der Waals surface area (Å²) in [5.74, 6) is 1.34. The molecular formula is C16H20NO6P. The molecule has 24 heavy (non-hydrogen) atoms. The van der Waals surface area contributed by atoms with E-state index in [1.807, 2.05) is 18.2 Å². The van der Waals surface area contributed by atoms with E-state index in [-0.39, 0.29) is 6.79 Å². The van der Waals surface area contributed by atoms with Gasteiger partial charge in [0.05, 0.1) is 6.26 Å². The number of rotatable bonds is 8. The zero-order valence-corrected chi connectivity index (χ0v) is 14.5. The lowest BCUT2D eigenvalue weighted by atomic mass is 10.1. The second-order valence-electron chi connectivity index (χ2n) is 5.21. The van der Waals surface area contributed by atoms with E-state index in [2.05, 4.69) is 5.32 Å². The zero-order valence-electron chi connectivity index (χ0n) is 13.6. The zero-order chi connectivity index (χ0) is 17.0. The van der Waals surface area contributed by atoms with Crippen LogP contribution in [0.3, 0.4) is 0 Å². The van der Waals surface area contributed by atoms with Crippen LogP contribution in [0.15, 0.2) is 41.0 Å². The van der Waals surface area contributed by atoms with E-state index in [9.17, 15) is 4.57 Å². The van der Waals surface area contributed by atoms with Gasteiger partial charge >= 0.3 is 7.60 Å². The van der Waals surface area contributed by atoms with Crippen LogP contribution < -0.4 is 14.8 Å². The van der Waals surface area contributed by atoms with Crippen LogP contribution in [0.2, 0.25) is 0 Å². The van der Waals surface area contributed by atoms with Crippen LogP contribution in [-0.4, -0.2) is 27.6 Å². The first kappa shape index (κ1) is 17.0. The fraction of sp³-hybridized carbons (Fsp3) is 0.375. The Balaban J connectivity index is 1.67. The van der Waals surface area contributed by atoms with Gasteiger partial charge in [-0.1, -0.05) is 6.07 Å². The lowest BCUT2D eigenvalue weighted by Gasteiger charge is -2.23. The van der Waals surface area contributed by atoms with Gasteiger partial charge in [0.2, 0.25) is 6.79 Å². The number of ether oxygens (including phenoxy) is 2. The van der Waals surface area contributed by atoms with Crippen LogP contribution in [0.25, 0.3) is 0 Å². The maximum atomic E-state index is 12.7. The van der Waals surface area contributed by atoms with Gasteiger partial charge in [-0.25, -0.2) is 0 Å². The molecule has 0 bridgehead atoms. The number of benzene rings is 1. The van der Waals surface area contributed by atoms with Gasteiger partial charge in [-0.05, 0) is 36.2 Å². The highest BCUT2D eigenvalue weighted by Gasteiger charge is 2.37. The molecule has 1 aliphatic rings. The highest BCUT2D eigenvalue weighted by Crippen LogP contribution is 2.58. The van der Waals surface area contributed by atoms with Crippen molar-refractivity contribution in [1.29, 1.82) is 0 Å². The molecule has 1 aliphatic heterocycles. The lowest BCUT2D eigenvalue weighted by Crippen LogP contribution is -2.24. The fourth-order valence-corrected chi connectivity index (χ4v) is 3.93. The van der Waals surface area contributed by atoms with Gasteiger partial charge in [-0.2, -0.15) is 0 Å². The van der Waals surface area contributed by atoms with Crippen molar-refractivity contribution in [2.24, 2.45) is 0 Å². The van der Waals surface area contributed by atoms with E-state index < -0.39 is 13.4 Å². The topological polar surface area (TPSA) is 79.2 Å².